The van der Waals surface area contributed by atoms with E-state index in [2.05, 4.69) is 5.32 Å². The summed E-state index contributed by atoms with van der Waals surface area (Å²) in [7, 11) is 5.78. The van der Waals surface area contributed by atoms with Crippen molar-refractivity contribution in [2.24, 2.45) is 0 Å². The van der Waals surface area contributed by atoms with Crippen molar-refractivity contribution in [3.63, 3.8) is 0 Å². The molecule has 0 bridgehead atoms. The van der Waals surface area contributed by atoms with Gasteiger partial charge >= 0.3 is 6.03 Å². The molecule has 0 aromatic rings. The number of carbonyl (C=O) groups excluding carboxylic acids is 1. The van der Waals surface area contributed by atoms with E-state index < -0.39 is 0 Å². The lowest BCUT2D eigenvalue weighted by molar-refractivity contribution is 0.165. The van der Waals surface area contributed by atoms with Crippen LogP contribution >= 0.6 is 0 Å². The Hall–Kier alpha value is -0.770. The quantitative estimate of drug-likeness (QED) is 0.739. The van der Waals surface area contributed by atoms with Crippen molar-refractivity contribution in [3.05, 3.63) is 0 Å². The molecule has 0 aliphatic rings. The van der Waals surface area contributed by atoms with Crippen molar-refractivity contribution >= 4 is 6.03 Å². The summed E-state index contributed by atoms with van der Waals surface area (Å²) < 4.78 is 0. The molecular weight excluding hydrogens is 178 g/mol. The van der Waals surface area contributed by atoms with Crippen LogP contribution in [0.15, 0.2) is 0 Å². The molecule has 84 valence electrons. The Balaban J connectivity index is 3.86. The molecule has 0 unspecified atom stereocenters. The fraction of sp³-hybridized carbons (Fsp3) is 0.900. The average molecular weight is 201 g/mol. The lowest BCUT2D eigenvalue weighted by atomic mass is 10.1. The number of hydrogen-bond donors (Lipinski definition) is 1. The molecule has 0 aliphatic heterocycles. The van der Waals surface area contributed by atoms with E-state index in [-0.39, 0.29) is 11.6 Å². The van der Waals surface area contributed by atoms with E-state index in [0.29, 0.717) is 6.54 Å². The minimum absolute atomic E-state index is 0.0145. The first-order valence-electron chi connectivity index (χ1n) is 4.91. The number of nitrogens with zero attached hydrogens (tertiary/aromatic N) is 2. The van der Waals surface area contributed by atoms with Crippen molar-refractivity contribution in [1.82, 2.24) is 15.1 Å². The summed E-state index contributed by atoms with van der Waals surface area (Å²) in [4.78, 5) is 15.3. The SMILES string of the molecule is CN(C)CCNC(=O)N(C)C(C)(C)C. The lowest BCUT2D eigenvalue weighted by Gasteiger charge is -2.32. The highest BCUT2D eigenvalue weighted by Crippen LogP contribution is 2.09. The molecule has 0 rings (SSSR count). The molecule has 0 spiro atoms. The van der Waals surface area contributed by atoms with Crippen LogP contribution in [0.1, 0.15) is 20.8 Å². The highest BCUT2D eigenvalue weighted by molar-refractivity contribution is 5.74. The van der Waals surface area contributed by atoms with E-state index in [1.54, 1.807) is 4.90 Å². The topological polar surface area (TPSA) is 35.6 Å². The Bertz CT molecular complexity index is 184. The predicted octanol–water partition coefficient (Wildman–Crippen LogP) is 0.988. The molecule has 0 aromatic carbocycles. The third-order valence-electron chi connectivity index (χ3n) is 2.15. The predicted molar refractivity (Wildman–Crippen MR) is 59.5 cm³/mol. The van der Waals surface area contributed by atoms with Crippen molar-refractivity contribution < 1.29 is 4.79 Å². The molecule has 0 heterocycles. The zero-order valence-electron chi connectivity index (χ0n) is 10.2. The van der Waals surface area contributed by atoms with Crippen LogP contribution < -0.4 is 5.32 Å². The van der Waals surface area contributed by atoms with Gasteiger partial charge in [-0.25, -0.2) is 4.79 Å². The molecule has 0 atom stereocenters. The number of carbonyl (C=O) groups is 1. The van der Waals surface area contributed by atoms with Gasteiger partial charge in [-0.1, -0.05) is 0 Å². The monoisotopic (exact) mass is 201 g/mol. The summed E-state index contributed by atoms with van der Waals surface area (Å²) in [6.07, 6.45) is 0. The third kappa shape index (κ3) is 5.07. The highest BCUT2D eigenvalue weighted by Gasteiger charge is 2.21. The van der Waals surface area contributed by atoms with Crippen LogP contribution in [0.3, 0.4) is 0 Å². The molecule has 0 fully saturated rings. The number of nitrogens with one attached hydrogen (secondary N) is 1. The van der Waals surface area contributed by atoms with Crippen LogP contribution in [0.25, 0.3) is 0 Å². The molecule has 1 N–H and O–H groups in total. The molecule has 4 heteroatoms. The maximum Gasteiger partial charge on any atom is 0.317 e. The van der Waals surface area contributed by atoms with E-state index in [9.17, 15) is 4.79 Å². The van der Waals surface area contributed by atoms with Crippen LogP contribution in [0.5, 0.6) is 0 Å². The van der Waals surface area contributed by atoms with Crippen LogP contribution in [0.2, 0.25) is 0 Å². The minimum atomic E-state index is -0.123. The first-order chi connectivity index (χ1) is 6.25. The van der Waals surface area contributed by atoms with Gasteiger partial charge in [0.2, 0.25) is 0 Å². The standard InChI is InChI=1S/C10H23N3O/c1-10(2,3)13(6)9(14)11-7-8-12(4)5/h7-8H2,1-6H3,(H,11,14). The maximum absolute atomic E-state index is 11.6. The van der Waals surface area contributed by atoms with Crippen molar-refractivity contribution in [3.8, 4) is 0 Å². The van der Waals surface area contributed by atoms with Crippen LogP contribution in [0.4, 0.5) is 4.79 Å². The highest BCUT2D eigenvalue weighted by atomic mass is 16.2. The summed E-state index contributed by atoms with van der Waals surface area (Å²) in [5.74, 6) is 0. The van der Waals surface area contributed by atoms with Gasteiger partial charge in [-0.05, 0) is 34.9 Å². The van der Waals surface area contributed by atoms with Crippen LogP contribution in [-0.2, 0) is 0 Å². The van der Waals surface area contributed by atoms with Gasteiger partial charge in [-0.15, -0.1) is 0 Å². The smallest absolute Gasteiger partial charge is 0.317 e. The van der Waals surface area contributed by atoms with Crippen molar-refractivity contribution in [1.29, 1.82) is 0 Å². The lowest BCUT2D eigenvalue weighted by Crippen LogP contribution is -2.48. The average Bonchev–Trinajstić information content (AvgIpc) is 2.00. The summed E-state index contributed by atoms with van der Waals surface area (Å²) >= 11 is 0. The van der Waals surface area contributed by atoms with Crippen LogP contribution in [-0.4, -0.2) is 55.6 Å². The zero-order valence-corrected chi connectivity index (χ0v) is 10.2. The molecule has 14 heavy (non-hydrogen) atoms. The van der Waals surface area contributed by atoms with Gasteiger partial charge in [0.25, 0.3) is 0 Å². The Labute approximate surface area is 87.3 Å². The van der Waals surface area contributed by atoms with Gasteiger partial charge in [0, 0.05) is 25.7 Å². The van der Waals surface area contributed by atoms with Gasteiger partial charge in [0.15, 0.2) is 0 Å². The molecule has 0 radical (unpaired) electrons. The Morgan fingerprint density at radius 3 is 2.07 bits per heavy atom. The number of urea groups is 1. The molecule has 0 aliphatic carbocycles. The summed E-state index contributed by atoms with van der Waals surface area (Å²) in [5, 5.41) is 2.87. The first kappa shape index (κ1) is 13.2. The summed E-state index contributed by atoms with van der Waals surface area (Å²) in [6.45, 7) is 7.59. The Kier molecular flexibility index (Phi) is 4.91. The zero-order chi connectivity index (χ0) is 11.4. The summed E-state index contributed by atoms with van der Waals surface area (Å²) in [6, 6.07) is -0.0145. The normalized spacial score (nSPS) is 11.6. The minimum Gasteiger partial charge on any atom is -0.337 e. The Morgan fingerprint density at radius 2 is 1.71 bits per heavy atom. The second-order valence-electron chi connectivity index (χ2n) is 4.77. The van der Waals surface area contributed by atoms with E-state index in [1.807, 2.05) is 46.8 Å². The Morgan fingerprint density at radius 1 is 1.21 bits per heavy atom. The second-order valence-corrected chi connectivity index (χ2v) is 4.77. The number of hydrogen-bond acceptors (Lipinski definition) is 2. The molecule has 0 aromatic heterocycles. The number of rotatable bonds is 3. The van der Waals surface area contributed by atoms with E-state index in [1.165, 1.54) is 0 Å². The van der Waals surface area contributed by atoms with Crippen molar-refractivity contribution in [2.75, 3.05) is 34.2 Å². The number of likely N-dealkylation sites (N-methyl/N-ethyl adjacent to an activating group) is 1. The molecule has 0 saturated carbocycles. The fourth-order valence-corrected chi connectivity index (χ4v) is 0.810. The maximum atomic E-state index is 11.6. The second kappa shape index (κ2) is 5.20. The van der Waals surface area contributed by atoms with E-state index in [4.69, 9.17) is 0 Å². The van der Waals surface area contributed by atoms with Gasteiger partial charge in [0.05, 0.1) is 0 Å². The van der Waals surface area contributed by atoms with Crippen LogP contribution in [0, 0.1) is 0 Å². The van der Waals surface area contributed by atoms with Gasteiger partial charge < -0.3 is 15.1 Å². The van der Waals surface area contributed by atoms with Gasteiger partial charge in [0.1, 0.15) is 0 Å². The van der Waals surface area contributed by atoms with E-state index >= 15 is 0 Å². The molecule has 2 amide bonds. The van der Waals surface area contributed by atoms with Gasteiger partial charge in [-0.3, -0.25) is 0 Å². The first-order valence-corrected chi connectivity index (χ1v) is 4.91. The fourth-order valence-electron chi connectivity index (χ4n) is 0.810. The molecule has 4 nitrogen and oxygen atoms in total. The van der Waals surface area contributed by atoms with Crippen molar-refractivity contribution in [2.45, 2.75) is 26.3 Å². The number of amides is 2. The van der Waals surface area contributed by atoms with Gasteiger partial charge in [-0.2, -0.15) is 0 Å². The summed E-state index contributed by atoms with van der Waals surface area (Å²) in [5.41, 5.74) is -0.123. The molecular formula is C10H23N3O. The largest absolute Gasteiger partial charge is 0.337 e. The molecule has 0 saturated heterocycles. The van der Waals surface area contributed by atoms with E-state index in [0.717, 1.165) is 6.54 Å². The third-order valence-corrected chi connectivity index (χ3v) is 2.15.